The number of fused-ring (bicyclic) bond motifs is 7. The third-order valence-corrected chi connectivity index (χ3v) is 10.5. The largest absolute Gasteiger partial charge is 0.460 e. The van der Waals surface area contributed by atoms with E-state index in [1.54, 1.807) is 27.7 Å². The normalized spacial score (nSPS) is 44.8. The SMILES string of the molecule is CCCCOC(=O)C(=O)[C@@]12OC(C)(C)O[C@@H]1C[C@H]1[C@@H]3[C@@H](O)[C@@H](OC(=O)CC)C4=CC(=O)C=C[C@]4(C)[C@@]3(F)[C@@H](O)C[C@@]12C. The van der Waals surface area contributed by atoms with E-state index in [1.165, 1.54) is 19.1 Å². The van der Waals surface area contributed by atoms with Crippen LogP contribution in [0.5, 0.6) is 0 Å². The van der Waals surface area contributed by atoms with E-state index in [2.05, 4.69) is 0 Å². The zero-order valence-corrected chi connectivity index (χ0v) is 25.0. The van der Waals surface area contributed by atoms with Crippen molar-refractivity contribution in [1.82, 2.24) is 0 Å². The van der Waals surface area contributed by atoms with Crippen molar-refractivity contribution in [1.29, 1.82) is 0 Å². The van der Waals surface area contributed by atoms with Crippen molar-refractivity contribution in [2.45, 2.75) is 115 Å². The highest BCUT2D eigenvalue weighted by Crippen LogP contribution is 2.72. The summed E-state index contributed by atoms with van der Waals surface area (Å²) < 4.78 is 41.3. The van der Waals surface area contributed by atoms with Gasteiger partial charge in [0.1, 0.15) is 6.10 Å². The van der Waals surface area contributed by atoms with Crippen molar-refractivity contribution in [2.75, 3.05) is 6.61 Å². The fourth-order valence-electron chi connectivity index (χ4n) is 8.59. The van der Waals surface area contributed by atoms with Gasteiger partial charge in [-0.25, -0.2) is 9.18 Å². The van der Waals surface area contributed by atoms with Crippen LogP contribution in [0.2, 0.25) is 0 Å². The average Bonchev–Trinajstić information content (AvgIpc) is 3.33. The summed E-state index contributed by atoms with van der Waals surface area (Å²) in [5.74, 6) is -6.77. The smallest absolute Gasteiger partial charge is 0.377 e. The number of alkyl halides is 1. The number of aliphatic hydroxyl groups is 2. The summed E-state index contributed by atoms with van der Waals surface area (Å²) in [5.41, 5.74) is -7.47. The summed E-state index contributed by atoms with van der Waals surface area (Å²) in [6, 6.07) is 0. The number of carbonyl (C=O) groups excluding carboxylic acids is 4. The van der Waals surface area contributed by atoms with Gasteiger partial charge in [0.2, 0.25) is 0 Å². The average molecular weight is 593 g/mol. The minimum absolute atomic E-state index is 0.0141. The fourth-order valence-corrected chi connectivity index (χ4v) is 8.59. The van der Waals surface area contributed by atoms with Crippen LogP contribution < -0.4 is 0 Å². The van der Waals surface area contributed by atoms with Gasteiger partial charge in [-0.3, -0.25) is 14.4 Å². The number of ether oxygens (including phenoxy) is 4. The number of rotatable bonds is 7. The molecule has 0 amide bonds. The summed E-state index contributed by atoms with van der Waals surface area (Å²) in [7, 11) is 0. The van der Waals surface area contributed by atoms with Gasteiger partial charge in [0.05, 0.1) is 18.8 Å². The molecule has 2 N–H and O–H groups in total. The molecule has 4 aliphatic carbocycles. The van der Waals surface area contributed by atoms with E-state index < -0.39 is 87.6 Å². The Morgan fingerprint density at radius 1 is 1.14 bits per heavy atom. The standard InChI is InChI=1S/C31H41FO10/c1-7-9-12-39-26(38)25(37)31-20(41-27(3,4)42-31)14-17-22-23(36)24(40-21(35)8-2)18-13-16(33)10-11-28(18,5)30(22,32)19(34)15-29(17,31)6/h10-11,13,17,19-20,22-24,34,36H,7-9,12,14-15H2,1-6H3/t17-,19-,20+,22+,23+,24-,28-,29-,30+,31-/m0/s1. The lowest BCUT2D eigenvalue weighted by Crippen LogP contribution is -2.75. The number of allylic oxidation sites excluding steroid dienone is 3. The van der Waals surface area contributed by atoms with Crippen molar-refractivity contribution >= 4 is 23.5 Å². The zero-order chi connectivity index (χ0) is 31.0. The molecule has 0 aromatic carbocycles. The third-order valence-electron chi connectivity index (χ3n) is 10.5. The lowest BCUT2D eigenvalue weighted by molar-refractivity contribution is -0.269. The van der Waals surface area contributed by atoms with Crippen LogP contribution in [-0.2, 0) is 38.1 Å². The topological polar surface area (TPSA) is 146 Å². The Balaban J connectivity index is 1.65. The Labute approximate surface area is 244 Å². The van der Waals surface area contributed by atoms with E-state index in [-0.39, 0.29) is 31.4 Å². The molecular formula is C31H41FO10. The third kappa shape index (κ3) is 3.95. The van der Waals surface area contributed by atoms with Gasteiger partial charge in [0.25, 0.3) is 5.78 Å². The van der Waals surface area contributed by atoms with Crippen molar-refractivity contribution in [3.05, 3.63) is 23.8 Å². The van der Waals surface area contributed by atoms with E-state index in [4.69, 9.17) is 18.9 Å². The number of esters is 2. The van der Waals surface area contributed by atoms with Crippen LogP contribution in [-0.4, -0.2) is 81.8 Å². The minimum atomic E-state index is -2.55. The number of ketones is 2. The van der Waals surface area contributed by atoms with E-state index in [0.29, 0.717) is 6.42 Å². The van der Waals surface area contributed by atoms with Crippen LogP contribution in [0, 0.1) is 22.7 Å². The maximum absolute atomic E-state index is 17.9. The van der Waals surface area contributed by atoms with E-state index in [9.17, 15) is 29.4 Å². The molecule has 3 saturated carbocycles. The molecule has 0 spiro atoms. The molecule has 0 bridgehead atoms. The maximum Gasteiger partial charge on any atom is 0.377 e. The Bertz CT molecular complexity index is 1260. The summed E-state index contributed by atoms with van der Waals surface area (Å²) in [6.45, 7) is 9.89. The molecule has 1 saturated heterocycles. The van der Waals surface area contributed by atoms with Gasteiger partial charge in [-0.1, -0.05) is 33.3 Å². The van der Waals surface area contributed by atoms with Crippen molar-refractivity contribution < 1.29 is 52.7 Å². The molecule has 5 rings (SSSR count). The minimum Gasteiger partial charge on any atom is -0.460 e. The second kappa shape index (κ2) is 10.0. The second-order valence-corrected chi connectivity index (χ2v) is 13.2. The zero-order valence-electron chi connectivity index (χ0n) is 25.0. The number of hydrogen-bond acceptors (Lipinski definition) is 10. The van der Waals surface area contributed by atoms with Crippen LogP contribution in [0.4, 0.5) is 4.39 Å². The van der Waals surface area contributed by atoms with Crippen LogP contribution >= 0.6 is 0 Å². The van der Waals surface area contributed by atoms with E-state index >= 15 is 4.39 Å². The molecule has 1 heterocycles. The molecule has 4 fully saturated rings. The van der Waals surface area contributed by atoms with Gasteiger partial charge < -0.3 is 29.2 Å². The van der Waals surface area contributed by atoms with E-state index in [1.807, 2.05) is 6.92 Å². The number of aliphatic hydroxyl groups excluding tert-OH is 2. The quantitative estimate of drug-likeness (QED) is 0.257. The van der Waals surface area contributed by atoms with Gasteiger partial charge in [0.15, 0.2) is 28.9 Å². The van der Waals surface area contributed by atoms with Crippen LogP contribution in [0.15, 0.2) is 23.8 Å². The summed E-state index contributed by atoms with van der Waals surface area (Å²) in [4.78, 5) is 52.1. The molecule has 5 aliphatic rings. The maximum atomic E-state index is 17.9. The molecule has 1 aliphatic heterocycles. The molecule has 0 aromatic rings. The highest BCUT2D eigenvalue weighted by atomic mass is 19.1. The number of Topliss-reactive ketones (excluding diaryl/α,β-unsaturated/α-hetero) is 1. The first-order valence-electron chi connectivity index (χ1n) is 14.8. The first kappa shape index (κ1) is 31.0. The van der Waals surface area contributed by atoms with Gasteiger partial charge >= 0.3 is 11.9 Å². The van der Waals surface area contributed by atoms with E-state index in [0.717, 1.165) is 12.5 Å². The van der Waals surface area contributed by atoms with Crippen molar-refractivity contribution in [3.8, 4) is 0 Å². The van der Waals surface area contributed by atoms with Gasteiger partial charge in [-0.2, -0.15) is 0 Å². The predicted molar refractivity (Wildman–Crippen MR) is 144 cm³/mol. The molecular weight excluding hydrogens is 551 g/mol. The number of hydrogen-bond donors (Lipinski definition) is 2. The van der Waals surface area contributed by atoms with Crippen LogP contribution in [0.1, 0.15) is 73.6 Å². The Kier molecular flexibility index (Phi) is 7.40. The van der Waals surface area contributed by atoms with Crippen molar-refractivity contribution in [2.24, 2.45) is 22.7 Å². The van der Waals surface area contributed by atoms with Crippen LogP contribution in [0.3, 0.4) is 0 Å². The number of unbranched alkanes of at least 4 members (excludes halogenated alkanes) is 1. The monoisotopic (exact) mass is 592 g/mol. The molecule has 42 heavy (non-hydrogen) atoms. The first-order valence-corrected chi connectivity index (χ1v) is 14.8. The Morgan fingerprint density at radius 3 is 2.48 bits per heavy atom. The molecule has 0 aromatic heterocycles. The predicted octanol–water partition coefficient (Wildman–Crippen LogP) is 2.67. The Hall–Kier alpha value is -2.47. The highest BCUT2D eigenvalue weighted by molar-refractivity contribution is 6.37. The molecule has 11 heteroatoms. The fraction of sp³-hybridized carbons (Fsp3) is 0.742. The first-order chi connectivity index (χ1) is 19.5. The summed E-state index contributed by atoms with van der Waals surface area (Å²) in [5, 5.41) is 23.6. The van der Waals surface area contributed by atoms with Gasteiger partial charge in [-0.15, -0.1) is 0 Å². The van der Waals surface area contributed by atoms with Crippen molar-refractivity contribution in [3.63, 3.8) is 0 Å². The molecule has 10 atom stereocenters. The summed E-state index contributed by atoms with van der Waals surface area (Å²) in [6.07, 6.45) is -1.18. The molecule has 0 radical (unpaired) electrons. The molecule has 10 nitrogen and oxygen atoms in total. The lowest BCUT2D eigenvalue weighted by Gasteiger charge is -2.64. The molecule has 232 valence electrons. The van der Waals surface area contributed by atoms with Gasteiger partial charge in [0, 0.05) is 23.2 Å². The van der Waals surface area contributed by atoms with Gasteiger partial charge in [-0.05, 0) is 63.7 Å². The van der Waals surface area contributed by atoms with Crippen LogP contribution in [0.25, 0.3) is 0 Å². The number of halogens is 1. The lowest BCUT2D eigenvalue weighted by atomic mass is 9.43. The highest BCUT2D eigenvalue weighted by Gasteiger charge is 2.83. The summed E-state index contributed by atoms with van der Waals surface area (Å²) >= 11 is 0. The number of carbonyl (C=O) groups is 4. The Morgan fingerprint density at radius 2 is 1.83 bits per heavy atom. The molecule has 0 unspecified atom stereocenters. The second-order valence-electron chi connectivity index (χ2n) is 13.2.